The van der Waals surface area contributed by atoms with E-state index in [2.05, 4.69) is 30.6 Å². The highest BCUT2D eigenvalue weighted by Crippen LogP contribution is 2.40. The minimum absolute atomic E-state index is 0.546. The summed E-state index contributed by atoms with van der Waals surface area (Å²) >= 11 is 0. The highest BCUT2D eigenvalue weighted by atomic mass is 15.3. The van der Waals surface area contributed by atoms with Crippen LogP contribution in [-0.2, 0) is 13.5 Å². The van der Waals surface area contributed by atoms with Gasteiger partial charge in [0.15, 0.2) is 0 Å². The maximum atomic E-state index is 4.40. The molecule has 1 heterocycles. The van der Waals surface area contributed by atoms with Crippen LogP contribution in [0, 0.1) is 5.41 Å². The van der Waals surface area contributed by atoms with Crippen LogP contribution >= 0.6 is 0 Å². The Balaban J connectivity index is 1.68. The quantitative estimate of drug-likeness (QED) is 0.869. The van der Waals surface area contributed by atoms with E-state index >= 15 is 0 Å². The van der Waals surface area contributed by atoms with Crippen molar-refractivity contribution in [1.29, 1.82) is 0 Å². The van der Waals surface area contributed by atoms with Crippen LogP contribution < -0.4 is 5.32 Å². The Labute approximate surface area is 104 Å². The van der Waals surface area contributed by atoms with Gasteiger partial charge in [-0.3, -0.25) is 4.68 Å². The Morgan fingerprint density at radius 2 is 2.29 bits per heavy atom. The summed E-state index contributed by atoms with van der Waals surface area (Å²) in [6.07, 6.45) is 10.0. The predicted octanol–water partition coefficient (Wildman–Crippen LogP) is 2.58. The average molecular weight is 233 g/mol. The third-order valence-corrected chi connectivity index (χ3v) is 4.71. The summed E-state index contributed by atoms with van der Waals surface area (Å²) in [5.74, 6) is 0. The first-order valence-electron chi connectivity index (χ1n) is 6.92. The molecule has 2 aliphatic carbocycles. The fraction of sp³-hybridized carbons (Fsp3) is 0.786. The Hall–Kier alpha value is -0.830. The second-order valence-corrected chi connectivity index (χ2v) is 6.16. The molecule has 1 aromatic heterocycles. The lowest BCUT2D eigenvalue weighted by molar-refractivity contribution is 0.149. The summed E-state index contributed by atoms with van der Waals surface area (Å²) in [7, 11) is 2.06. The van der Waals surface area contributed by atoms with Crippen molar-refractivity contribution in [1.82, 2.24) is 15.1 Å². The number of hydrogen-bond acceptors (Lipinski definition) is 2. The molecule has 1 saturated carbocycles. The second kappa shape index (κ2) is 4.13. The lowest BCUT2D eigenvalue weighted by atomic mass is 9.70. The van der Waals surface area contributed by atoms with Gasteiger partial charge >= 0.3 is 0 Å². The molecular weight excluding hydrogens is 210 g/mol. The van der Waals surface area contributed by atoms with Crippen molar-refractivity contribution in [3.05, 3.63) is 17.5 Å². The molecule has 1 atom stereocenters. The first-order valence-corrected chi connectivity index (χ1v) is 6.92. The molecule has 0 radical (unpaired) electrons. The van der Waals surface area contributed by atoms with Crippen LogP contribution in [0.25, 0.3) is 0 Å². The maximum absolute atomic E-state index is 4.40. The molecule has 1 fully saturated rings. The van der Waals surface area contributed by atoms with Gasteiger partial charge in [-0.15, -0.1) is 0 Å². The first-order chi connectivity index (χ1) is 8.18. The Kier molecular flexibility index (Phi) is 2.74. The van der Waals surface area contributed by atoms with Crippen molar-refractivity contribution in [3.63, 3.8) is 0 Å². The van der Waals surface area contributed by atoms with E-state index in [0.717, 1.165) is 0 Å². The smallest absolute Gasteiger partial charge is 0.0540 e. The molecule has 17 heavy (non-hydrogen) atoms. The zero-order valence-electron chi connectivity index (χ0n) is 11.0. The Bertz CT molecular complexity index is 404. The van der Waals surface area contributed by atoms with Crippen LogP contribution in [0.2, 0.25) is 0 Å². The molecule has 0 saturated heterocycles. The maximum Gasteiger partial charge on any atom is 0.0540 e. The van der Waals surface area contributed by atoms with Crippen LogP contribution in [0.3, 0.4) is 0 Å². The molecule has 0 aliphatic heterocycles. The van der Waals surface area contributed by atoms with Crippen LogP contribution in [-0.4, -0.2) is 16.3 Å². The fourth-order valence-electron chi connectivity index (χ4n) is 3.24. The number of aromatic nitrogens is 2. The van der Waals surface area contributed by atoms with Gasteiger partial charge in [0.05, 0.1) is 6.20 Å². The molecular formula is C14H23N3. The normalized spacial score (nSPS) is 26.4. The summed E-state index contributed by atoms with van der Waals surface area (Å²) < 4.78 is 2.05. The first kappa shape index (κ1) is 11.3. The summed E-state index contributed by atoms with van der Waals surface area (Å²) in [6, 6.07) is 0.546. The van der Waals surface area contributed by atoms with Gasteiger partial charge in [0.2, 0.25) is 0 Å². The standard InChI is InChI=1S/C14H23N3/c1-14(7-4-8-14)10-15-12-5-3-6-13-11(12)9-16-17(13)2/h9,12,15H,3-8,10H2,1-2H3. The zero-order chi connectivity index (χ0) is 11.9. The molecule has 1 unspecified atom stereocenters. The third-order valence-electron chi connectivity index (χ3n) is 4.71. The summed E-state index contributed by atoms with van der Waals surface area (Å²) in [5, 5.41) is 8.18. The summed E-state index contributed by atoms with van der Waals surface area (Å²) in [6.45, 7) is 3.59. The van der Waals surface area contributed by atoms with Crippen molar-refractivity contribution in [3.8, 4) is 0 Å². The van der Waals surface area contributed by atoms with E-state index < -0.39 is 0 Å². The van der Waals surface area contributed by atoms with Crippen molar-refractivity contribution < 1.29 is 0 Å². The minimum Gasteiger partial charge on any atom is -0.309 e. The zero-order valence-corrected chi connectivity index (χ0v) is 11.0. The van der Waals surface area contributed by atoms with Gasteiger partial charge in [0.1, 0.15) is 0 Å². The van der Waals surface area contributed by atoms with E-state index in [0.29, 0.717) is 11.5 Å². The van der Waals surface area contributed by atoms with Crippen molar-refractivity contribution in [2.45, 2.75) is 51.5 Å². The molecule has 94 valence electrons. The fourth-order valence-corrected chi connectivity index (χ4v) is 3.24. The van der Waals surface area contributed by atoms with E-state index in [4.69, 9.17) is 0 Å². The van der Waals surface area contributed by atoms with E-state index in [1.165, 1.54) is 56.3 Å². The lowest BCUT2D eigenvalue weighted by Crippen LogP contribution is -2.39. The molecule has 3 heteroatoms. The minimum atomic E-state index is 0.546. The monoisotopic (exact) mass is 233 g/mol. The van der Waals surface area contributed by atoms with Gasteiger partial charge in [0, 0.05) is 30.9 Å². The number of aryl methyl sites for hydroxylation is 1. The molecule has 3 nitrogen and oxygen atoms in total. The number of nitrogens with one attached hydrogen (secondary N) is 1. The van der Waals surface area contributed by atoms with E-state index in [1.807, 2.05) is 4.68 Å². The molecule has 0 amide bonds. The van der Waals surface area contributed by atoms with Gasteiger partial charge in [-0.05, 0) is 37.5 Å². The summed E-state index contributed by atoms with van der Waals surface area (Å²) in [5.41, 5.74) is 3.45. The molecule has 0 aromatic carbocycles. The third kappa shape index (κ3) is 2.01. The Morgan fingerprint density at radius 3 is 3.00 bits per heavy atom. The highest BCUT2D eigenvalue weighted by molar-refractivity contribution is 5.24. The number of hydrogen-bond donors (Lipinski definition) is 1. The van der Waals surface area contributed by atoms with Crippen molar-refractivity contribution in [2.75, 3.05) is 6.54 Å². The van der Waals surface area contributed by atoms with Gasteiger partial charge in [0.25, 0.3) is 0 Å². The van der Waals surface area contributed by atoms with Gasteiger partial charge in [-0.1, -0.05) is 13.3 Å². The summed E-state index contributed by atoms with van der Waals surface area (Å²) in [4.78, 5) is 0. The van der Waals surface area contributed by atoms with Crippen molar-refractivity contribution in [2.24, 2.45) is 12.5 Å². The largest absolute Gasteiger partial charge is 0.309 e. The second-order valence-electron chi connectivity index (χ2n) is 6.16. The van der Waals surface area contributed by atoms with Gasteiger partial charge in [-0.2, -0.15) is 5.10 Å². The van der Waals surface area contributed by atoms with E-state index in [9.17, 15) is 0 Å². The van der Waals surface area contributed by atoms with Gasteiger partial charge < -0.3 is 5.32 Å². The number of nitrogens with zero attached hydrogens (tertiary/aromatic N) is 2. The molecule has 1 N–H and O–H groups in total. The lowest BCUT2D eigenvalue weighted by Gasteiger charge is -2.40. The molecule has 0 bridgehead atoms. The van der Waals surface area contributed by atoms with Crippen molar-refractivity contribution >= 4 is 0 Å². The van der Waals surface area contributed by atoms with Crippen LogP contribution in [0.4, 0.5) is 0 Å². The van der Waals surface area contributed by atoms with Crippen LogP contribution in [0.15, 0.2) is 6.20 Å². The van der Waals surface area contributed by atoms with E-state index in [-0.39, 0.29) is 0 Å². The number of fused-ring (bicyclic) bond motifs is 1. The molecule has 1 aromatic rings. The Morgan fingerprint density at radius 1 is 1.47 bits per heavy atom. The van der Waals surface area contributed by atoms with E-state index in [1.54, 1.807) is 0 Å². The molecule has 2 aliphatic rings. The molecule has 3 rings (SSSR count). The molecule has 0 spiro atoms. The predicted molar refractivity (Wildman–Crippen MR) is 68.8 cm³/mol. The van der Waals surface area contributed by atoms with Gasteiger partial charge in [-0.25, -0.2) is 0 Å². The topological polar surface area (TPSA) is 29.9 Å². The average Bonchev–Trinajstić information content (AvgIpc) is 2.67. The highest BCUT2D eigenvalue weighted by Gasteiger charge is 2.33. The SMILES string of the molecule is Cn1ncc2c1CCCC2NCC1(C)CCC1. The van der Waals surface area contributed by atoms with Crippen LogP contribution in [0.1, 0.15) is 56.3 Å². The number of rotatable bonds is 3. The van der Waals surface area contributed by atoms with Crippen LogP contribution in [0.5, 0.6) is 0 Å².